The highest BCUT2D eigenvalue weighted by Crippen LogP contribution is 2.17. The third-order valence-corrected chi connectivity index (χ3v) is 3.27. The van der Waals surface area contributed by atoms with Crippen molar-refractivity contribution in [2.75, 3.05) is 5.32 Å². The Labute approximate surface area is 118 Å². The molecule has 1 heterocycles. The van der Waals surface area contributed by atoms with Gasteiger partial charge in [-0.1, -0.05) is 0 Å². The molecule has 0 aliphatic heterocycles. The predicted molar refractivity (Wildman–Crippen MR) is 78.3 cm³/mol. The Balaban J connectivity index is 1.92. The van der Waals surface area contributed by atoms with Gasteiger partial charge in [-0.05, 0) is 56.2 Å². The molecule has 0 radical (unpaired) electrons. The molecule has 4 heteroatoms. The summed E-state index contributed by atoms with van der Waals surface area (Å²) in [5.41, 5.74) is 2.05. The van der Waals surface area contributed by atoms with E-state index in [1.807, 2.05) is 25.1 Å². The second-order valence-corrected chi connectivity index (χ2v) is 5.00. The van der Waals surface area contributed by atoms with Gasteiger partial charge >= 0.3 is 5.97 Å². The van der Waals surface area contributed by atoms with Crippen molar-refractivity contribution in [3.63, 3.8) is 0 Å². The van der Waals surface area contributed by atoms with Gasteiger partial charge in [-0.3, -0.25) is 0 Å². The van der Waals surface area contributed by atoms with E-state index in [9.17, 15) is 4.79 Å². The molecule has 1 unspecified atom stereocenters. The summed E-state index contributed by atoms with van der Waals surface area (Å²) in [6.45, 7) is 3.91. The van der Waals surface area contributed by atoms with Gasteiger partial charge in [0.2, 0.25) is 0 Å². The Morgan fingerprint density at radius 3 is 2.80 bits per heavy atom. The largest absolute Gasteiger partial charge is 0.478 e. The summed E-state index contributed by atoms with van der Waals surface area (Å²) in [6, 6.07) is 9.46. The van der Waals surface area contributed by atoms with E-state index in [1.54, 1.807) is 18.4 Å². The number of carboxylic acids is 1. The lowest BCUT2D eigenvalue weighted by atomic mass is 10.1. The van der Waals surface area contributed by atoms with Gasteiger partial charge in [0, 0.05) is 18.2 Å². The van der Waals surface area contributed by atoms with Crippen molar-refractivity contribution < 1.29 is 14.3 Å². The molecular formula is C16H19NO3. The molecule has 1 atom stereocenters. The number of aryl methyl sites for hydroxylation is 2. The zero-order chi connectivity index (χ0) is 14.5. The zero-order valence-corrected chi connectivity index (χ0v) is 11.7. The van der Waals surface area contributed by atoms with Crippen LogP contribution in [0, 0.1) is 6.92 Å². The first-order chi connectivity index (χ1) is 9.56. The number of aromatic carboxylic acids is 1. The third-order valence-electron chi connectivity index (χ3n) is 3.27. The smallest absolute Gasteiger partial charge is 0.335 e. The minimum atomic E-state index is -0.889. The molecule has 0 fully saturated rings. The van der Waals surface area contributed by atoms with Crippen LogP contribution in [-0.4, -0.2) is 17.1 Å². The van der Waals surface area contributed by atoms with E-state index in [-0.39, 0.29) is 6.04 Å². The number of furan rings is 1. The zero-order valence-electron chi connectivity index (χ0n) is 11.7. The third kappa shape index (κ3) is 3.63. The minimum absolute atomic E-state index is 0.287. The number of anilines is 1. The SMILES string of the molecule is Cc1cc(NC(C)CCc2ccco2)ccc1C(=O)O. The summed E-state index contributed by atoms with van der Waals surface area (Å²) in [6.07, 6.45) is 3.52. The van der Waals surface area contributed by atoms with Crippen molar-refractivity contribution in [1.29, 1.82) is 0 Å². The molecular weight excluding hydrogens is 254 g/mol. The maximum absolute atomic E-state index is 11.0. The molecule has 0 saturated carbocycles. The van der Waals surface area contributed by atoms with Crippen LogP contribution in [0.4, 0.5) is 5.69 Å². The Bertz CT molecular complexity index is 575. The molecule has 106 valence electrons. The van der Waals surface area contributed by atoms with Gasteiger partial charge < -0.3 is 14.8 Å². The number of rotatable bonds is 6. The van der Waals surface area contributed by atoms with Gasteiger partial charge in [-0.2, -0.15) is 0 Å². The van der Waals surface area contributed by atoms with Crippen LogP contribution >= 0.6 is 0 Å². The average Bonchev–Trinajstić information content (AvgIpc) is 2.89. The molecule has 20 heavy (non-hydrogen) atoms. The summed E-state index contributed by atoms with van der Waals surface area (Å²) >= 11 is 0. The summed E-state index contributed by atoms with van der Waals surface area (Å²) < 4.78 is 5.30. The van der Waals surface area contributed by atoms with Crippen molar-refractivity contribution in [1.82, 2.24) is 0 Å². The highest BCUT2D eigenvalue weighted by molar-refractivity contribution is 5.89. The van der Waals surface area contributed by atoms with Crippen molar-refractivity contribution in [2.24, 2.45) is 0 Å². The molecule has 0 saturated heterocycles. The maximum Gasteiger partial charge on any atom is 0.335 e. The lowest BCUT2D eigenvalue weighted by Crippen LogP contribution is -2.16. The molecule has 0 aliphatic rings. The van der Waals surface area contributed by atoms with Crippen molar-refractivity contribution >= 4 is 11.7 Å². The second kappa shape index (κ2) is 6.28. The van der Waals surface area contributed by atoms with Crippen molar-refractivity contribution in [3.05, 3.63) is 53.5 Å². The van der Waals surface area contributed by atoms with Crippen LogP contribution in [0.15, 0.2) is 41.0 Å². The first kappa shape index (κ1) is 14.2. The highest BCUT2D eigenvalue weighted by atomic mass is 16.4. The quantitative estimate of drug-likeness (QED) is 0.842. The summed E-state index contributed by atoms with van der Waals surface area (Å²) in [4.78, 5) is 11.0. The van der Waals surface area contributed by atoms with Crippen LogP contribution in [-0.2, 0) is 6.42 Å². The minimum Gasteiger partial charge on any atom is -0.478 e. The predicted octanol–water partition coefficient (Wildman–Crippen LogP) is 3.72. The first-order valence-corrected chi connectivity index (χ1v) is 6.69. The molecule has 0 aliphatic carbocycles. The van der Waals surface area contributed by atoms with E-state index in [2.05, 4.69) is 12.2 Å². The van der Waals surface area contributed by atoms with Gasteiger partial charge in [0.25, 0.3) is 0 Å². The monoisotopic (exact) mass is 273 g/mol. The Morgan fingerprint density at radius 1 is 1.40 bits per heavy atom. The van der Waals surface area contributed by atoms with E-state index >= 15 is 0 Å². The van der Waals surface area contributed by atoms with E-state index in [4.69, 9.17) is 9.52 Å². The lowest BCUT2D eigenvalue weighted by molar-refractivity contribution is 0.0696. The molecule has 2 aromatic rings. The highest BCUT2D eigenvalue weighted by Gasteiger charge is 2.09. The van der Waals surface area contributed by atoms with Gasteiger partial charge in [0.1, 0.15) is 5.76 Å². The van der Waals surface area contributed by atoms with Crippen LogP contribution in [0.3, 0.4) is 0 Å². The number of carboxylic acid groups (broad SMARTS) is 1. The van der Waals surface area contributed by atoms with Crippen LogP contribution in [0.25, 0.3) is 0 Å². The topological polar surface area (TPSA) is 62.5 Å². The molecule has 1 aromatic carbocycles. The number of benzene rings is 1. The average molecular weight is 273 g/mol. The number of carbonyl (C=O) groups is 1. The van der Waals surface area contributed by atoms with Crippen LogP contribution in [0.1, 0.15) is 35.0 Å². The summed E-state index contributed by atoms with van der Waals surface area (Å²) in [5, 5.41) is 12.4. The van der Waals surface area contributed by atoms with E-state index in [0.717, 1.165) is 29.9 Å². The second-order valence-electron chi connectivity index (χ2n) is 5.00. The fourth-order valence-corrected chi connectivity index (χ4v) is 2.16. The molecule has 0 bridgehead atoms. The number of nitrogens with one attached hydrogen (secondary N) is 1. The Hall–Kier alpha value is -2.23. The van der Waals surface area contributed by atoms with E-state index in [1.165, 1.54) is 0 Å². The van der Waals surface area contributed by atoms with E-state index in [0.29, 0.717) is 5.56 Å². The standard InChI is InChI=1S/C16H19NO3/c1-11-10-13(6-8-15(11)16(18)19)17-12(2)5-7-14-4-3-9-20-14/h3-4,6,8-10,12,17H,5,7H2,1-2H3,(H,18,19). The van der Waals surface area contributed by atoms with Crippen LogP contribution in [0.2, 0.25) is 0 Å². The molecule has 2 N–H and O–H groups in total. The summed E-state index contributed by atoms with van der Waals surface area (Å²) in [5.74, 6) is 0.0935. The first-order valence-electron chi connectivity index (χ1n) is 6.69. The normalized spacial score (nSPS) is 12.1. The van der Waals surface area contributed by atoms with Gasteiger partial charge in [0.05, 0.1) is 11.8 Å². The van der Waals surface area contributed by atoms with E-state index < -0.39 is 5.97 Å². The number of hydrogen-bond acceptors (Lipinski definition) is 3. The van der Waals surface area contributed by atoms with Crippen molar-refractivity contribution in [3.8, 4) is 0 Å². The van der Waals surface area contributed by atoms with Crippen LogP contribution < -0.4 is 5.32 Å². The molecule has 0 amide bonds. The van der Waals surface area contributed by atoms with Crippen LogP contribution in [0.5, 0.6) is 0 Å². The summed E-state index contributed by atoms with van der Waals surface area (Å²) in [7, 11) is 0. The lowest BCUT2D eigenvalue weighted by Gasteiger charge is -2.15. The van der Waals surface area contributed by atoms with Gasteiger partial charge in [-0.15, -0.1) is 0 Å². The number of hydrogen-bond donors (Lipinski definition) is 2. The Kier molecular flexibility index (Phi) is 4.45. The maximum atomic E-state index is 11.0. The fraction of sp³-hybridized carbons (Fsp3) is 0.312. The molecule has 1 aromatic heterocycles. The van der Waals surface area contributed by atoms with Gasteiger partial charge in [-0.25, -0.2) is 4.79 Å². The fourth-order valence-electron chi connectivity index (χ4n) is 2.16. The van der Waals surface area contributed by atoms with Gasteiger partial charge in [0.15, 0.2) is 0 Å². The molecule has 2 rings (SSSR count). The Morgan fingerprint density at radius 2 is 2.20 bits per heavy atom. The molecule has 4 nitrogen and oxygen atoms in total. The molecule has 0 spiro atoms. The van der Waals surface area contributed by atoms with Crippen molar-refractivity contribution in [2.45, 2.75) is 32.7 Å².